The zero-order valence-electron chi connectivity index (χ0n) is 24.3. The van der Waals surface area contributed by atoms with Crippen LogP contribution in [-0.2, 0) is 22.6 Å². The number of amides is 2. The van der Waals surface area contributed by atoms with E-state index in [2.05, 4.69) is 10.2 Å². The first-order valence-corrected chi connectivity index (χ1v) is 14.7. The van der Waals surface area contributed by atoms with E-state index in [1.165, 1.54) is 6.42 Å². The molecule has 0 spiro atoms. The summed E-state index contributed by atoms with van der Waals surface area (Å²) in [6, 6.07) is 12.0. The molecule has 3 atom stereocenters. The van der Waals surface area contributed by atoms with Gasteiger partial charge in [-0.3, -0.25) is 14.5 Å². The first-order chi connectivity index (χ1) is 19.6. The first kappa shape index (κ1) is 30.5. The van der Waals surface area contributed by atoms with Crippen LogP contribution in [0.3, 0.4) is 0 Å². The van der Waals surface area contributed by atoms with Crippen LogP contribution in [0, 0.1) is 11.8 Å². The van der Waals surface area contributed by atoms with Crippen molar-refractivity contribution in [1.82, 2.24) is 9.80 Å². The average molecular weight is 566 g/mol. The van der Waals surface area contributed by atoms with Crippen LogP contribution < -0.4 is 10.1 Å². The molecule has 1 fully saturated rings. The SMILES string of the molecule is C[C@H]1CN([C@@H](C)CO)C(=O)Cc2cc(NC(=O)C3CCCCC3)ccc2O[C@H]1CN(C)Cc1ccc(C(=O)O)cc1. The molecule has 0 radical (unpaired) electrons. The number of carbonyl (C=O) groups is 3. The molecule has 1 saturated carbocycles. The third-order valence-corrected chi connectivity index (χ3v) is 8.30. The number of hydrogen-bond acceptors (Lipinski definition) is 6. The van der Waals surface area contributed by atoms with E-state index in [9.17, 15) is 24.6 Å². The molecule has 2 aliphatic rings. The van der Waals surface area contributed by atoms with Crippen molar-refractivity contribution in [2.75, 3.05) is 32.1 Å². The monoisotopic (exact) mass is 565 g/mol. The van der Waals surface area contributed by atoms with E-state index in [1.807, 2.05) is 51.2 Å². The molecule has 2 aromatic carbocycles. The van der Waals surface area contributed by atoms with Gasteiger partial charge in [-0.15, -0.1) is 0 Å². The number of fused-ring (bicyclic) bond motifs is 1. The van der Waals surface area contributed by atoms with Crippen LogP contribution in [0.2, 0.25) is 0 Å². The molecule has 4 rings (SSSR count). The minimum Gasteiger partial charge on any atom is -0.488 e. The molecule has 1 aliphatic carbocycles. The van der Waals surface area contributed by atoms with E-state index in [4.69, 9.17) is 4.74 Å². The molecular formula is C32H43N3O6. The van der Waals surface area contributed by atoms with Crippen molar-refractivity contribution < 1.29 is 29.3 Å². The minimum absolute atomic E-state index is 0.0221. The van der Waals surface area contributed by atoms with Crippen molar-refractivity contribution in [3.8, 4) is 5.75 Å². The van der Waals surface area contributed by atoms with Gasteiger partial charge >= 0.3 is 5.97 Å². The molecule has 3 N–H and O–H groups in total. The van der Waals surface area contributed by atoms with Gasteiger partial charge in [0.2, 0.25) is 11.8 Å². The van der Waals surface area contributed by atoms with Crippen LogP contribution in [0.5, 0.6) is 5.75 Å². The van der Waals surface area contributed by atoms with Gasteiger partial charge in [0.15, 0.2) is 0 Å². The van der Waals surface area contributed by atoms with Gasteiger partial charge in [0, 0.05) is 42.7 Å². The van der Waals surface area contributed by atoms with Gasteiger partial charge in [0.25, 0.3) is 0 Å². The summed E-state index contributed by atoms with van der Waals surface area (Å²) in [5.74, 6) is -0.422. The Hall–Kier alpha value is -3.43. The van der Waals surface area contributed by atoms with Crippen LogP contribution in [0.1, 0.15) is 67.4 Å². The maximum atomic E-state index is 13.5. The molecule has 9 nitrogen and oxygen atoms in total. The Kier molecular flexibility index (Phi) is 10.4. The number of benzene rings is 2. The number of aliphatic hydroxyl groups is 1. The van der Waals surface area contributed by atoms with Crippen LogP contribution >= 0.6 is 0 Å². The van der Waals surface area contributed by atoms with Gasteiger partial charge in [-0.2, -0.15) is 0 Å². The van der Waals surface area contributed by atoms with Crippen molar-refractivity contribution in [3.05, 3.63) is 59.2 Å². The smallest absolute Gasteiger partial charge is 0.335 e. The van der Waals surface area contributed by atoms with E-state index in [0.29, 0.717) is 36.6 Å². The Bertz CT molecular complexity index is 1210. The second-order valence-corrected chi connectivity index (χ2v) is 11.7. The fraction of sp³-hybridized carbons (Fsp3) is 0.531. The number of likely N-dealkylation sites (N-methyl/N-ethyl adjacent to an activating group) is 1. The number of aromatic carboxylic acids is 1. The topological polar surface area (TPSA) is 119 Å². The molecule has 0 saturated heterocycles. The van der Waals surface area contributed by atoms with Crippen molar-refractivity contribution in [3.63, 3.8) is 0 Å². The Morgan fingerprint density at radius 1 is 1.12 bits per heavy atom. The number of carboxylic acids is 1. The third-order valence-electron chi connectivity index (χ3n) is 8.30. The highest BCUT2D eigenvalue weighted by molar-refractivity contribution is 5.93. The lowest BCUT2D eigenvalue weighted by Gasteiger charge is -2.34. The van der Waals surface area contributed by atoms with Gasteiger partial charge in [-0.1, -0.05) is 38.3 Å². The highest BCUT2D eigenvalue weighted by Crippen LogP contribution is 2.31. The molecular weight excluding hydrogens is 522 g/mol. The summed E-state index contributed by atoms with van der Waals surface area (Å²) in [6.45, 7) is 5.35. The molecule has 0 aromatic heterocycles. The number of rotatable bonds is 9. The quantitative estimate of drug-likeness (QED) is 0.417. The number of ether oxygens (including phenoxy) is 1. The average Bonchev–Trinajstić information content (AvgIpc) is 3.00. The lowest BCUT2D eigenvalue weighted by molar-refractivity contribution is -0.134. The molecule has 0 bridgehead atoms. The van der Waals surface area contributed by atoms with Crippen LogP contribution in [0.15, 0.2) is 42.5 Å². The lowest BCUT2D eigenvalue weighted by Crippen LogP contribution is -2.47. The summed E-state index contributed by atoms with van der Waals surface area (Å²) in [5.41, 5.74) is 2.59. The van der Waals surface area contributed by atoms with Crippen LogP contribution in [0.25, 0.3) is 0 Å². The third kappa shape index (κ3) is 8.07. The summed E-state index contributed by atoms with van der Waals surface area (Å²) < 4.78 is 6.60. The number of nitrogens with zero attached hydrogens (tertiary/aromatic N) is 2. The van der Waals surface area contributed by atoms with Gasteiger partial charge in [0.1, 0.15) is 11.9 Å². The predicted octanol–water partition coefficient (Wildman–Crippen LogP) is 4.18. The van der Waals surface area contributed by atoms with E-state index in [-0.39, 0.29) is 54.4 Å². The van der Waals surface area contributed by atoms with E-state index in [0.717, 1.165) is 31.2 Å². The number of anilines is 1. The predicted molar refractivity (Wildman–Crippen MR) is 157 cm³/mol. The Morgan fingerprint density at radius 2 is 1.83 bits per heavy atom. The second kappa shape index (κ2) is 14.0. The first-order valence-electron chi connectivity index (χ1n) is 14.7. The maximum Gasteiger partial charge on any atom is 0.335 e. The zero-order valence-corrected chi connectivity index (χ0v) is 24.3. The maximum absolute atomic E-state index is 13.5. The zero-order chi connectivity index (χ0) is 29.5. The van der Waals surface area contributed by atoms with E-state index < -0.39 is 5.97 Å². The van der Waals surface area contributed by atoms with Crippen molar-refractivity contribution in [1.29, 1.82) is 0 Å². The van der Waals surface area contributed by atoms with Crippen LogP contribution in [0.4, 0.5) is 5.69 Å². The summed E-state index contributed by atoms with van der Waals surface area (Å²) >= 11 is 0. The Labute approximate surface area is 242 Å². The Balaban J connectivity index is 1.55. The minimum atomic E-state index is -0.954. The highest BCUT2D eigenvalue weighted by atomic mass is 16.5. The summed E-state index contributed by atoms with van der Waals surface area (Å²) in [7, 11) is 1.98. The molecule has 1 aliphatic heterocycles. The normalized spacial score (nSPS) is 20.8. The van der Waals surface area contributed by atoms with Crippen molar-refractivity contribution in [2.24, 2.45) is 11.8 Å². The van der Waals surface area contributed by atoms with Gasteiger partial charge in [-0.25, -0.2) is 4.79 Å². The largest absolute Gasteiger partial charge is 0.488 e. The number of carbonyl (C=O) groups excluding carboxylic acids is 2. The van der Waals surface area contributed by atoms with Crippen LogP contribution in [-0.4, -0.2) is 76.7 Å². The fourth-order valence-corrected chi connectivity index (χ4v) is 5.77. The number of hydrogen-bond donors (Lipinski definition) is 3. The highest BCUT2D eigenvalue weighted by Gasteiger charge is 2.31. The number of aliphatic hydroxyl groups excluding tert-OH is 1. The Morgan fingerprint density at radius 3 is 2.49 bits per heavy atom. The fourth-order valence-electron chi connectivity index (χ4n) is 5.77. The van der Waals surface area contributed by atoms with Gasteiger partial charge in [-0.05, 0) is 62.7 Å². The van der Waals surface area contributed by atoms with E-state index >= 15 is 0 Å². The second-order valence-electron chi connectivity index (χ2n) is 11.7. The molecule has 0 unspecified atom stereocenters. The molecule has 41 heavy (non-hydrogen) atoms. The van der Waals surface area contributed by atoms with Crippen molar-refractivity contribution >= 4 is 23.5 Å². The molecule has 9 heteroatoms. The molecule has 222 valence electrons. The molecule has 2 aromatic rings. The van der Waals surface area contributed by atoms with Crippen molar-refractivity contribution in [2.45, 2.75) is 71.1 Å². The number of nitrogens with one attached hydrogen (secondary N) is 1. The molecule has 1 heterocycles. The standard InChI is InChI=1S/C32H43N3O6/c1-21-17-35(22(2)20-36)30(37)16-26-15-27(33-31(38)24-7-5-4-6-8-24)13-14-28(26)41-29(21)19-34(3)18-23-9-11-25(12-10-23)32(39)40/h9-15,21-22,24,29,36H,4-8,16-20H2,1-3H3,(H,33,38)(H,39,40)/t21-,22-,29-/m0/s1. The number of carboxylic acid groups (broad SMARTS) is 1. The summed E-state index contributed by atoms with van der Waals surface area (Å²) in [4.78, 5) is 41.4. The van der Waals surface area contributed by atoms with E-state index in [1.54, 1.807) is 17.0 Å². The van der Waals surface area contributed by atoms with Gasteiger partial charge in [0.05, 0.1) is 24.6 Å². The van der Waals surface area contributed by atoms with Gasteiger partial charge < -0.3 is 25.2 Å². The lowest BCUT2D eigenvalue weighted by atomic mass is 9.88. The summed E-state index contributed by atoms with van der Waals surface area (Å²) in [5, 5.41) is 22.1. The molecule has 2 amide bonds. The summed E-state index contributed by atoms with van der Waals surface area (Å²) in [6.07, 6.45) is 4.98.